The molecule has 0 spiro atoms. The molecule has 2 aliphatic rings. The number of likely N-dealkylation sites (N-methyl/N-ethyl adjacent to an activating group) is 1. The summed E-state index contributed by atoms with van der Waals surface area (Å²) in [6, 6.07) is 5.58. The molecule has 1 aliphatic heterocycles. The van der Waals surface area contributed by atoms with Gasteiger partial charge in [0.1, 0.15) is 6.10 Å². The Morgan fingerprint density at radius 3 is 2.65 bits per heavy atom. The van der Waals surface area contributed by atoms with Gasteiger partial charge in [0.2, 0.25) is 0 Å². The highest BCUT2D eigenvalue weighted by Crippen LogP contribution is 2.46. The number of piperidine rings is 1. The van der Waals surface area contributed by atoms with E-state index in [2.05, 4.69) is 11.9 Å². The van der Waals surface area contributed by atoms with E-state index in [9.17, 15) is 9.90 Å². The summed E-state index contributed by atoms with van der Waals surface area (Å²) in [5.74, 6) is 0.594. The number of methoxy groups -OCH3 is 1. The molecule has 1 N–H and O–H groups in total. The van der Waals surface area contributed by atoms with E-state index in [1.807, 2.05) is 18.2 Å². The average Bonchev–Trinajstić information content (AvgIpc) is 2.46. The fraction of sp³-hybridized carbons (Fsp3) is 0.611. The van der Waals surface area contributed by atoms with Crippen LogP contribution in [0.15, 0.2) is 18.2 Å². The molecule has 126 valence electrons. The Morgan fingerprint density at radius 1 is 1.30 bits per heavy atom. The maximum Gasteiger partial charge on any atom is 0.314 e. The zero-order valence-corrected chi connectivity index (χ0v) is 13.9. The molecule has 1 saturated heterocycles. The standard InChI is InChI=1S/C18H25NO4/c1-19-10-3-5-14(12-19)23-16-11-13(6-7-15(16)22-2)18(17(20)21)8-4-9-18/h6-7,11,14H,3-5,8-10,12H2,1-2H3,(H,20,21). The van der Waals surface area contributed by atoms with Gasteiger partial charge in [-0.1, -0.05) is 12.5 Å². The fourth-order valence-electron chi connectivity index (χ4n) is 3.62. The van der Waals surface area contributed by atoms with Gasteiger partial charge in [0.15, 0.2) is 11.5 Å². The van der Waals surface area contributed by atoms with Crippen LogP contribution in [-0.2, 0) is 10.2 Å². The van der Waals surface area contributed by atoms with Crippen molar-refractivity contribution in [2.45, 2.75) is 43.6 Å². The Labute approximate surface area is 137 Å². The number of ether oxygens (including phenoxy) is 2. The predicted octanol–water partition coefficient (Wildman–Crippen LogP) is 2.67. The van der Waals surface area contributed by atoms with Crippen molar-refractivity contribution in [3.8, 4) is 11.5 Å². The molecule has 5 nitrogen and oxygen atoms in total. The molecule has 1 aliphatic carbocycles. The molecule has 0 radical (unpaired) electrons. The van der Waals surface area contributed by atoms with Crippen molar-refractivity contribution < 1.29 is 19.4 Å². The highest BCUT2D eigenvalue weighted by Gasteiger charge is 2.46. The summed E-state index contributed by atoms with van der Waals surface area (Å²) < 4.78 is 11.6. The normalized spacial score (nSPS) is 23.8. The topological polar surface area (TPSA) is 59.0 Å². The Balaban J connectivity index is 1.86. The molecule has 1 saturated carbocycles. The molecule has 1 aromatic carbocycles. The van der Waals surface area contributed by atoms with Gasteiger partial charge in [0.25, 0.3) is 0 Å². The van der Waals surface area contributed by atoms with Crippen LogP contribution in [-0.4, -0.2) is 49.3 Å². The molecule has 2 fully saturated rings. The molecule has 1 heterocycles. The SMILES string of the molecule is COc1ccc(C2(C(=O)O)CCC2)cc1OC1CCCN(C)C1. The number of carbonyl (C=O) groups is 1. The summed E-state index contributed by atoms with van der Waals surface area (Å²) in [4.78, 5) is 14.0. The van der Waals surface area contributed by atoms with Gasteiger partial charge in [-0.2, -0.15) is 0 Å². The van der Waals surface area contributed by atoms with Gasteiger partial charge >= 0.3 is 5.97 Å². The second-order valence-corrected chi connectivity index (χ2v) is 6.75. The number of nitrogens with zero attached hydrogens (tertiary/aromatic N) is 1. The first-order valence-corrected chi connectivity index (χ1v) is 8.32. The van der Waals surface area contributed by atoms with E-state index in [-0.39, 0.29) is 6.10 Å². The van der Waals surface area contributed by atoms with Crippen molar-refractivity contribution in [2.75, 3.05) is 27.2 Å². The third kappa shape index (κ3) is 3.02. The van der Waals surface area contributed by atoms with Gasteiger partial charge in [-0.3, -0.25) is 4.79 Å². The molecule has 1 atom stereocenters. The largest absolute Gasteiger partial charge is 0.493 e. The number of carboxylic acid groups (broad SMARTS) is 1. The lowest BCUT2D eigenvalue weighted by atomic mass is 9.64. The number of hydrogen-bond donors (Lipinski definition) is 1. The van der Waals surface area contributed by atoms with E-state index in [4.69, 9.17) is 9.47 Å². The second-order valence-electron chi connectivity index (χ2n) is 6.75. The van der Waals surface area contributed by atoms with Gasteiger partial charge in [-0.15, -0.1) is 0 Å². The molecular weight excluding hydrogens is 294 g/mol. The quantitative estimate of drug-likeness (QED) is 0.904. The van der Waals surface area contributed by atoms with Gasteiger partial charge in [-0.25, -0.2) is 0 Å². The Morgan fingerprint density at radius 2 is 2.09 bits per heavy atom. The van der Waals surface area contributed by atoms with Crippen LogP contribution in [0.5, 0.6) is 11.5 Å². The van der Waals surface area contributed by atoms with Gasteiger partial charge < -0.3 is 19.5 Å². The first-order valence-electron chi connectivity index (χ1n) is 8.32. The van der Waals surface area contributed by atoms with Gasteiger partial charge in [0, 0.05) is 6.54 Å². The zero-order chi connectivity index (χ0) is 16.4. The number of rotatable bonds is 5. The van der Waals surface area contributed by atoms with E-state index in [0.717, 1.165) is 37.9 Å². The number of hydrogen-bond acceptors (Lipinski definition) is 4. The van der Waals surface area contributed by atoms with E-state index in [1.54, 1.807) is 7.11 Å². The van der Waals surface area contributed by atoms with Crippen LogP contribution in [0.1, 0.15) is 37.7 Å². The minimum absolute atomic E-state index is 0.125. The van der Waals surface area contributed by atoms with E-state index in [1.165, 1.54) is 0 Å². The van der Waals surface area contributed by atoms with Crippen molar-refractivity contribution in [2.24, 2.45) is 0 Å². The van der Waals surface area contributed by atoms with Gasteiger partial charge in [0.05, 0.1) is 12.5 Å². The van der Waals surface area contributed by atoms with Crippen LogP contribution < -0.4 is 9.47 Å². The molecule has 0 bridgehead atoms. The fourth-order valence-corrected chi connectivity index (χ4v) is 3.62. The Bertz CT molecular complexity index is 582. The van der Waals surface area contributed by atoms with Crippen molar-refractivity contribution in [3.05, 3.63) is 23.8 Å². The van der Waals surface area contributed by atoms with Crippen LogP contribution in [0.2, 0.25) is 0 Å². The number of benzene rings is 1. The van der Waals surface area contributed by atoms with Crippen molar-refractivity contribution in [3.63, 3.8) is 0 Å². The minimum Gasteiger partial charge on any atom is -0.493 e. The lowest BCUT2D eigenvalue weighted by Gasteiger charge is -2.38. The van der Waals surface area contributed by atoms with Crippen LogP contribution in [0.3, 0.4) is 0 Å². The minimum atomic E-state index is -0.742. The highest BCUT2D eigenvalue weighted by atomic mass is 16.5. The van der Waals surface area contributed by atoms with E-state index in [0.29, 0.717) is 24.3 Å². The zero-order valence-electron chi connectivity index (χ0n) is 13.9. The summed E-state index contributed by atoms with van der Waals surface area (Å²) in [6.07, 6.45) is 4.60. The molecule has 1 aromatic rings. The maximum absolute atomic E-state index is 11.7. The second kappa shape index (κ2) is 6.40. The number of likely N-dealkylation sites (tertiary alicyclic amines) is 1. The Hall–Kier alpha value is -1.75. The van der Waals surface area contributed by atoms with Gasteiger partial charge in [-0.05, 0) is 57.0 Å². The van der Waals surface area contributed by atoms with E-state index < -0.39 is 11.4 Å². The third-order valence-corrected chi connectivity index (χ3v) is 5.21. The number of aliphatic carboxylic acids is 1. The van der Waals surface area contributed by atoms with E-state index >= 15 is 0 Å². The molecule has 23 heavy (non-hydrogen) atoms. The highest BCUT2D eigenvalue weighted by molar-refractivity contribution is 5.83. The summed E-state index contributed by atoms with van der Waals surface area (Å²) >= 11 is 0. The monoisotopic (exact) mass is 319 g/mol. The molecule has 1 unspecified atom stereocenters. The predicted molar refractivity (Wildman–Crippen MR) is 87.3 cm³/mol. The van der Waals surface area contributed by atoms with Crippen LogP contribution in [0.25, 0.3) is 0 Å². The van der Waals surface area contributed by atoms with Crippen molar-refractivity contribution >= 4 is 5.97 Å². The molecule has 0 aromatic heterocycles. The first-order chi connectivity index (χ1) is 11.0. The smallest absolute Gasteiger partial charge is 0.314 e. The summed E-state index contributed by atoms with van der Waals surface area (Å²) in [6.45, 7) is 1.98. The van der Waals surface area contributed by atoms with Crippen LogP contribution >= 0.6 is 0 Å². The third-order valence-electron chi connectivity index (χ3n) is 5.21. The molecule has 0 amide bonds. The molecule has 3 rings (SSSR count). The first kappa shape index (κ1) is 16.1. The Kier molecular flexibility index (Phi) is 4.48. The van der Waals surface area contributed by atoms with Crippen LogP contribution in [0, 0.1) is 0 Å². The lowest BCUT2D eigenvalue weighted by Crippen LogP contribution is -2.42. The lowest BCUT2D eigenvalue weighted by molar-refractivity contribution is -0.147. The number of carboxylic acids is 1. The maximum atomic E-state index is 11.7. The summed E-state index contributed by atoms with van der Waals surface area (Å²) in [5.41, 5.74) is 0.0875. The van der Waals surface area contributed by atoms with Crippen LogP contribution in [0.4, 0.5) is 0 Å². The summed E-state index contributed by atoms with van der Waals surface area (Å²) in [7, 11) is 3.71. The molecular formula is C18H25NO4. The average molecular weight is 319 g/mol. The van der Waals surface area contributed by atoms with Crippen molar-refractivity contribution in [1.82, 2.24) is 4.90 Å². The summed E-state index contributed by atoms with van der Waals surface area (Å²) in [5, 5.41) is 9.63. The van der Waals surface area contributed by atoms with Crippen molar-refractivity contribution in [1.29, 1.82) is 0 Å². The molecule has 5 heteroatoms.